The highest BCUT2D eigenvalue weighted by Crippen LogP contribution is 2.30. The van der Waals surface area contributed by atoms with Gasteiger partial charge in [-0.1, -0.05) is 24.3 Å². The van der Waals surface area contributed by atoms with Gasteiger partial charge >= 0.3 is 5.97 Å². The number of fused-ring (bicyclic) bond motifs is 1. The summed E-state index contributed by atoms with van der Waals surface area (Å²) in [5.74, 6) is 0.712. The number of nitrogens with zero attached hydrogens (tertiary/aromatic N) is 1. The molecule has 0 aliphatic heterocycles. The molecule has 1 aromatic heterocycles. The molecule has 3 rings (SSSR count). The molecule has 0 atom stereocenters. The summed E-state index contributed by atoms with van der Waals surface area (Å²) in [5, 5.41) is 1.26. The van der Waals surface area contributed by atoms with Crippen LogP contribution in [0.4, 0.5) is 0 Å². The highest BCUT2D eigenvalue weighted by Gasteiger charge is 2.15. The summed E-state index contributed by atoms with van der Waals surface area (Å²) in [6, 6.07) is 14.7. The average Bonchev–Trinajstić information content (AvgIpc) is 2.94. The number of aromatic nitrogens is 1. The van der Waals surface area contributed by atoms with Crippen LogP contribution in [0.15, 0.2) is 46.9 Å². The van der Waals surface area contributed by atoms with Crippen LogP contribution in [0.3, 0.4) is 0 Å². The Bertz CT molecular complexity index is 977. The van der Waals surface area contributed by atoms with E-state index in [4.69, 9.17) is 9.47 Å². The first-order valence-electron chi connectivity index (χ1n) is 9.59. The smallest absolute Gasteiger partial charge is 0.305 e. The van der Waals surface area contributed by atoms with Crippen LogP contribution in [0.25, 0.3) is 10.9 Å². The van der Waals surface area contributed by atoms with Gasteiger partial charge in [-0.05, 0) is 71.9 Å². The maximum atomic E-state index is 11.7. The molecule has 2 aromatic carbocycles. The minimum Gasteiger partial charge on any atom is -0.496 e. The van der Waals surface area contributed by atoms with Crippen LogP contribution in [0.1, 0.15) is 36.6 Å². The second-order valence-electron chi connectivity index (χ2n) is 6.79. The van der Waals surface area contributed by atoms with Gasteiger partial charge < -0.3 is 14.0 Å². The third-order valence-corrected chi connectivity index (χ3v) is 5.65. The molecule has 4 nitrogen and oxygen atoms in total. The fraction of sp³-hybridized carbons (Fsp3) is 0.348. The normalized spacial score (nSPS) is 11.0. The quantitative estimate of drug-likeness (QED) is 0.422. The number of halogens is 1. The van der Waals surface area contributed by atoms with Gasteiger partial charge in [0.1, 0.15) is 5.75 Å². The molecule has 0 spiro atoms. The molecule has 0 unspecified atom stereocenters. The molecule has 0 saturated carbocycles. The molecule has 28 heavy (non-hydrogen) atoms. The largest absolute Gasteiger partial charge is 0.496 e. The molecule has 5 heteroatoms. The number of ether oxygens (including phenoxy) is 2. The molecule has 0 saturated heterocycles. The Labute approximate surface area is 174 Å². The van der Waals surface area contributed by atoms with E-state index in [1.807, 2.05) is 13.0 Å². The zero-order chi connectivity index (χ0) is 20.1. The lowest BCUT2D eigenvalue weighted by molar-refractivity contribution is -0.143. The second kappa shape index (κ2) is 9.28. The van der Waals surface area contributed by atoms with E-state index in [1.165, 1.54) is 27.7 Å². The second-order valence-corrected chi connectivity index (χ2v) is 7.65. The van der Waals surface area contributed by atoms with Crippen molar-refractivity contribution in [3.63, 3.8) is 0 Å². The van der Waals surface area contributed by atoms with E-state index in [1.54, 1.807) is 7.11 Å². The number of aryl methyl sites for hydroxylation is 1. The molecule has 3 aromatic rings. The highest BCUT2D eigenvalue weighted by molar-refractivity contribution is 9.10. The lowest BCUT2D eigenvalue weighted by atomic mass is 10.0. The van der Waals surface area contributed by atoms with Gasteiger partial charge in [-0.15, -0.1) is 0 Å². The van der Waals surface area contributed by atoms with Crippen LogP contribution in [-0.4, -0.2) is 24.3 Å². The summed E-state index contributed by atoms with van der Waals surface area (Å²) in [5.41, 5.74) is 4.98. The monoisotopic (exact) mass is 443 g/mol. The van der Waals surface area contributed by atoms with E-state index in [-0.39, 0.29) is 5.97 Å². The lowest BCUT2D eigenvalue weighted by Gasteiger charge is -2.11. The molecule has 0 amide bonds. The molecular formula is C23H26BrNO3. The van der Waals surface area contributed by atoms with E-state index in [2.05, 4.69) is 63.8 Å². The summed E-state index contributed by atoms with van der Waals surface area (Å²) in [6.45, 7) is 5.23. The SMILES string of the molecule is CCOC(=O)CCCc1c(C)n(Cc2ccc(OC)c(Br)c2)c2ccccc12. The van der Waals surface area contributed by atoms with Crippen LogP contribution >= 0.6 is 15.9 Å². The first-order valence-corrected chi connectivity index (χ1v) is 10.4. The number of hydrogen-bond donors (Lipinski definition) is 0. The average molecular weight is 444 g/mol. The van der Waals surface area contributed by atoms with Crippen molar-refractivity contribution in [2.75, 3.05) is 13.7 Å². The maximum absolute atomic E-state index is 11.7. The summed E-state index contributed by atoms with van der Waals surface area (Å²) < 4.78 is 13.7. The zero-order valence-electron chi connectivity index (χ0n) is 16.6. The van der Waals surface area contributed by atoms with Gasteiger partial charge in [-0.25, -0.2) is 0 Å². The predicted molar refractivity (Wildman–Crippen MR) is 116 cm³/mol. The van der Waals surface area contributed by atoms with Crippen molar-refractivity contribution in [2.24, 2.45) is 0 Å². The Morgan fingerprint density at radius 1 is 1.18 bits per heavy atom. The molecule has 0 bridgehead atoms. The Balaban J connectivity index is 1.87. The lowest BCUT2D eigenvalue weighted by Crippen LogP contribution is -2.05. The van der Waals surface area contributed by atoms with Gasteiger partial charge in [0.2, 0.25) is 0 Å². The molecule has 0 aliphatic rings. The number of para-hydroxylation sites is 1. The molecule has 1 heterocycles. The van der Waals surface area contributed by atoms with E-state index >= 15 is 0 Å². The Morgan fingerprint density at radius 3 is 2.68 bits per heavy atom. The van der Waals surface area contributed by atoms with Gasteiger partial charge in [-0.3, -0.25) is 4.79 Å². The van der Waals surface area contributed by atoms with Crippen molar-refractivity contribution in [3.05, 3.63) is 63.8 Å². The van der Waals surface area contributed by atoms with Gasteiger partial charge in [0, 0.05) is 29.6 Å². The zero-order valence-corrected chi connectivity index (χ0v) is 18.2. The topological polar surface area (TPSA) is 40.5 Å². The van der Waals surface area contributed by atoms with Crippen molar-refractivity contribution in [2.45, 2.75) is 39.7 Å². The predicted octanol–water partition coefficient (Wildman–Crippen LogP) is 5.65. The Kier molecular flexibility index (Phi) is 6.79. The number of esters is 1. The number of benzene rings is 2. The minimum absolute atomic E-state index is 0.119. The van der Waals surface area contributed by atoms with Crippen LogP contribution in [0, 0.1) is 6.92 Å². The van der Waals surface area contributed by atoms with E-state index in [0.29, 0.717) is 13.0 Å². The van der Waals surface area contributed by atoms with Crippen LogP contribution in [-0.2, 0) is 22.5 Å². The van der Waals surface area contributed by atoms with E-state index in [0.717, 1.165) is 29.6 Å². The van der Waals surface area contributed by atoms with Gasteiger partial charge in [0.25, 0.3) is 0 Å². The molecule has 0 fully saturated rings. The fourth-order valence-corrected chi connectivity index (χ4v) is 4.24. The number of hydrogen-bond acceptors (Lipinski definition) is 3. The summed E-state index contributed by atoms with van der Waals surface area (Å²) >= 11 is 3.58. The standard InChI is InChI=1S/C23H26BrNO3/c1-4-28-23(26)11-7-9-18-16(2)25(21-10-6-5-8-19(18)21)15-17-12-13-22(27-3)20(24)14-17/h5-6,8,10,12-14H,4,7,9,11,15H2,1-3H3. The van der Waals surface area contributed by atoms with Crippen LogP contribution < -0.4 is 4.74 Å². The van der Waals surface area contributed by atoms with Crippen molar-refractivity contribution < 1.29 is 14.3 Å². The van der Waals surface area contributed by atoms with Crippen LogP contribution in [0.2, 0.25) is 0 Å². The molecule has 0 radical (unpaired) electrons. The van der Waals surface area contributed by atoms with Crippen molar-refractivity contribution in [1.82, 2.24) is 4.57 Å². The molecule has 148 valence electrons. The van der Waals surface area contributed by atoms with Gasteiger partial charge in [0.05, 0.1) is 18.2 Å². The third-order valence-electron chi connectivity index (χ3n) is 5.03. The molecular weight excluding hydrogens is 418 g/mol. The number of carbonyl (C=O) groups excluding carboxylic acids is 1. The fourth-order valence-electron chi connectivity index (χ4n) is 3.66. The van der Waals surface area contributed by atoms with Crippen molar-refractivity contribution in [1.29, 1.82) is 0 Å². The van der Waals surface area contributed by atoms with Crippen LogP contribution in [0.5, 0.6) is 5.75 Å². The number of methoxy groups -OCH3 is 1. The van der Waals surface area contributed by atoms with E-state index < -0.39 is 0 Å². The number of rotatable bonds is 8. The van der Waals surface area contributed by atoms with Gasteiger partial charge in [0.15, 0.2) is 0 Å². The van der Waals surface area contributed by atoms with Crippen molar-refractivity contribution in [3.8, 4) is 5.75 Å². The number of carbonyl (C=O) groups is 1. The molecule has 0 aliphatic carbocycles. The van der Waals surface area contributed by atoms with Crippen molar-refractivity contribution >= 4 is 32.8 Å². The summed E-state index contributed by atoms with van der Waals surface area (Å²) in [6.07, 6.45) is 2.12. The molecule has 0 N–H and O–H groups in total. The maximum Gasteiger partial charge on any atom is 0.305 e. The summed E-state index contributed by atoms with van der Waals surface area (Å²) in [7, 11) is 1.67. The minimum atomic E-state index is -0.119. The van der Waals surface area contributed by atoms with Gasteiger partial charge in [-0.2, -0.15) is 0 Å². The first kappa shape index (κ1) is 20.5. The third kappa shape index (κ3) is 4.41. The summed E-state index contributed by atoms with van der Waals surface area (Å²) in [4.78, 5) is 11.7. The Morgan fingerprint density at radius 2 is 1.96 bits per heavy atom. The van der Waals surface area contributed by atoms with E-state index in [9.17, 15) is 4.79 Å². The Hall–Kier alpha value is -2.27. The highest BCUT2D eigenvalue weighted by atomic mass is 79.9. The first-order chi connectivity index (χ1) is 13.5.